The highest BCUT2D eigenvalue weighted by molar-refractivity contribution is 6.06. The Balaban J connectivity index is 1.63. The van der Waals surface area contributed by atoms with E-state index in [1.54, 1.807) is 34.1 Å². The van der Waals surface area contributed by atoms with E-state index in [-0.39, 0.29) is 30.1 Å². The Kier molecular flexibility index (Phi) is 8.42. The number of carbonyl (C=O) groups excluding carboxylic acids is 3. The predicted octanol–water partition coefficient (Wildman–Crippen LogP) is 4.72. The molecule has 32 heavy (non-hydrogen) atoms. The van der Waals surface area contributed by atoms with Crippen LogP contribution in [-0.2, 0) is 9.59 Å². The summed E-state index contributed by atoms with van der Waals surface area (Å²) in [5, 5.41) is 2.90. The topological polar surface area (TPSA) is 69.7 Å². The predicted molar refractivity (Wildman–Crippen MR) is 128 cm³/mol. The SMILES string of the molecule is CCCCN1C[C@@H](C(=O)Nc2ccc(C(=O)N(CCCC)c3ccccc3)cc2)CC1=O. The summed E-state index contributed by atoms with van der Waals surface area (Å²) in [5.41, 5.74) is 2.08. The Hall–Kier alpha value is -3.15. The fourth-order valence-corrected chi connectivity index (χ4v) is 3.88. The van der Waals surface area contributed by atoms with Crippen LogP contribution >= 0.6 is 0 Å². The average Bonchev–Trinajstić information content (AvgIpc) is 3.19. The third-order valence-corrected chi connectivity index (χ3v) is 5.81. The number of anilines is 2. The number of hydrogen-bond donors (Lipinski definition) is 1. The Bertz CT molecular complexity index is 912. The molecule has 1 fully saturated rings. The summed E-state index contributed by atoms with van der Waals surface area (Å²) >= 11 is 0. The van der Waals surface area contributed by atoms with Crippen molar-refractivity contribution < 1.29 is 14.4 Å². The molecular weight excluding hydrogens is 402 g/mol. The van der Waals surface area contributed by atoms with Gasteiger partial charge in [-0.1, -0.05) is 44.9 Å². The first-order chi connectivity index (χ1) is 15.5. The van der Waals surface area contributed by atoms with Crippen LogP contribution in [0.25, 0.3) is 0 Å². The molecule has 1 atom stereocenters. The molecule has 170 valence electrons. The molecule has 0 spiro atoms. The molecule has 0 radical (unpaired) electrons. The summed E-state index contributed by atoms with van der Waals surface area (Å²) in [6.45, 7) is 6.03. The summed E-state index contributed by atoms with van der Waals surface area (Å²) in [6.07, 6.45) is 4.15. The zero-order chi connectivity index (χ0) is 22.9. The van der Waals surface area contributed by atoms with Crippen molar-refractivity contribution in [2.45, 2.75) is 46.0 Å². The van der Waals surface area contributed by atoms with E-state index in [0.717, 1.165) is 31.4 Å². The average molecular weight is 436 g/mol. The van der Waals surface area contributed by atoms with Gasteiger partial charge in [0.2, 0.25) is 11.8 Å². The summed E-state index contributed by atoms with van der Waals surface area (Å²) in [7, 11) is 0. The first kappa shape index (κ1) is 23.5. The number of benzene rings is 2. The van der Waals surface area contributed by atoms with Gasteiger partial charge in [0.1, 0.15) is 0 Å². The Labute approximate surface area is 190 Å². The van der Waals surface area contributed by atoms with Crippen LogP contribution in [0.3, 0.4) is 0 Å². The van der Waals surface area contributed by atoms with Crippen molar-refractivity contribution in [3.8, 4) is 0 Å². The Morgan fingerprint density at radius 1 is 1.00 bits per heavy atom. The fraction of sp³-hybridized carbons (Fsp3) is 0.423. The smallest absolute Gasteiger partial charge is 0.258 e. The first-order valence-corrected chi connectivity index (χ1v) is 11.6. The largest absolute Gasteiger partial charge is 0.342 e. The molecule has 0 saturated carbocycles. The quantitative estimate of drug-likeness (QED) is 0.587. The zero-order valence-corrected chi connectivity index (χ0v) is 19.0. The molecule has 3 rings (SSSR count). The van der Waals surface area contributed by atoms with Gasteiger partial charge in [0, 0.05) is 43.0 Å². The van der Waals surface area contributed by atoms with E-state index < -0.39 is 0 Å². The van der Waals surface area contributed by atoms with Crippen molar-refractivity contribution in [2.75, 3.05) is 29.9 Å². The van der Waals surface area contributed by atoms with Gasteiger partial charge in [0.05, 0.1) is 5.92 Å². The summed E-state index contributed by atoms with van der Waals surface area (Å²) < 4.78 is 0. The first-order valence-electron chi connectivity index (χ1n) is 11.6. The van der Waals surface area contributed by atoms with Gasteiger partial charge >= 0.3 is 0 Å². The van der Waals surface area contributed by atoms with Crippen LogP contribution in [0.4, 0.5) is 11.4 Å². The molecule has 1 saturated heterocycles. The number of carbonyl (C=O) groups is 3. The number of rotatable bonds is 10. The molecule has 0 bridgehead atoms. The van der Waals surface area contributed by atoms with E-state index in [1.165, 1.54) is 0 Å². The molecule has 6 nitrogen and oxygen atoms in total. The lowest BCUT2D eigenvalue weighted by molar-refractivity contribution is -0.128. The standard InChI is InChI=1S/C26H33N3O3/c1-3-5-16-28-19-21(18-24(28)30)25(31)27-22-14-12-20(13-15-22)26(32)29(17-6-4-2)23-10-8-7-9-11-23/h7-15,21H,3-6,16-19H2,1-2H3,(H,27,31)/t21-/m0/s1. The van der Waals surface area contributed by atoms with Crippen LogP contribution in [0, 0.1) is 5.92 Å². The second-order valence-corrected chi connectivity index (χ2v) is 8.31. The minimum Gasteiger partial charge on any atom is -0.342 e. The van der Waals surface area contributed by atoms with Crippen LogP contribution < -0.4 is 10.2 Å². The molecule has 3 amide bonds. The lowest BCUT2D eigenvalue weighted by Gasteiger charge is -2.23. The second-order valence-electron chi connectivity index (χ2n) is 8.31. The van der Waals surface area contributed by atoms with Gasteiger partial charge in [-0.05, 0) is 49.2 Å². The molecular formula is C26H33N3O3. The van der Waals surface area contributed by atoms with Crippen LogP contribution in [0.5, 0.6) is 0 Å². The maximum absolute atomic E-state index is 13.1. The normalized spacial score (nSPS) is 15.6. The monoisotopic (exact) mass is 435 g/mol. The minimum absolute atomic E-state index is 0.0487. The Morgan fingerprint density at radius 3 is 2.34 bits per heavy atom. The van der Waals surface area contributed by atoms with Gasteiger partial charge < -0.3 is 15.1 Å². The highest BCUT2D eigenvalue weighted by Crippen LogP contribution is 2.22. The fourth-order valence-electron chi connectivity index (χ4n) is 3.88. The van der Waals surface area contributed by atoms with Gasteiger partial charge in [-0.15, -0.1) is 0 Å². The minimum atomic E-state index is -0.330. The van der Waals surface area contributed by atoms with Crippen molar-refractivity contribution in [1.82, 2.24) is 4.90 Å². The summed E-state index contributed by atoms with van der Waals surface area (Å²) in [4.78, 5) is 41.5. The highest BCUT2D eigenvalue weighted by Gasteiger charge is 2.33. The van der Waals surface area contributed by atoms with Crippen molar-refractivity contribution in [3.05, 3.63) is 60.2 Å². The van der Waals surface area contributed by atoms with Crippen LogP contribution in [0.1, 0.15) is 56.3 Å². The van der Waals surface area contributed by atoms with Crippen LogP contribution in [0.2, 0.25) is 0 Å². The van der Waals surface area contributed by atoms with E-state index in [9.17, 15) is 14.4 Å². The van der Waals surface area contributed by atoms with Crippen molar-refractivity contribution in [2.24, 2.45) is 5.92 Å². The molecule has 0 aliphatic carbocycles. The van der Waals surface area contributed by atoms with Gasteiger partial charge in [-0.2, -0.15) is 0 Å². The van der Waals surface area contributed by atoms with Gasteiger partial charge in [-0.3, -0.25) is 14.4 Å². The lowest BCUT2D eigenvalue weighted by Crippen LogP contribution is -2.32. The lowest BCUT2D eigenvalue weighted by atomic mass is 10.1. The molecule has 2 aromatic carbocycles. The van der Waals surface area contributed by atoms with Gasteiger partial charge in [-0.25, -0.2) is 0 Å². The number of nitrogens with one attached hydrogen (secondary N) is 1. The van der Waals surface area contributed by atoms with Crippen molar-refractivity contribution >= 4 is 29.1 Å². The number of hydrogen-bond acceptors (Lipinski definition) is 3. The molecule has 0 unspecified atom stereocenters. The molecule has 1 aliphatic heterocycles. The third kappa shape index (κ3) is 5.96. The molecule has 0 aromatic heterocycles. The van der Waals surface area contributed by atoms with Gasteiger partial charge in [0.25, 0.3) is 5.91 Å². The molecule has 2 aromatic rings. The Morgan fingerprint density at radius 2 is 1.69 bits per heavy atom. The highest BCUT2D eigenvalue weighted by atomic mass is 16.2. The number of unbranched alkanes of at least 4 members (excludes halogenated alkanes) is 2. The molecule has 1 aliphatic rings. The van der Waals surface area contributed by atoms with Gasteiger partial charge in [0.15, 0.2) is 0 Å². The summed E-state index contributed by atoms with van der Waals surface area (Å²) in [6, 6.07) is 16.7. The van der Waals surface area contributed by atoms with Crippen LogP contribution in [0.15, 0.2) is 54.6 Å². The summed E-state index contributed by atoms with van der Waals surface area (Å²) in [5.74, 6) is -0.489. The van der Waals surface area contributed by atoms with E-state index in [2.05, 4.69) is 19.2 Å². The number of likely N-dealkylation sites (tertiary alicyclic amines) is 1. The molecule has 6 heteroatoms. The van der Waals surface area contributed by atoms with Crippen LogP contribution in [-0.4, -0.2) is 42.3 Å². The number of nitrogens with zero attached hydrogens (tertiary/aromatic N) is 2. The maximum Gasteiger partial charge on any atom is 0.258 e. The maximum atomic E-state index is 13.1. The van der Waals surface area contributed by atoms with E-state index in [0.29, 0.717) is 30.9 Å². The molecule has 1 heterocycles. The zero-order valence-electron chi connectivity index (χ0n) is 19.0. The number of para-hydroxylation sites is 1. The van der Waals surface area contributed by atoms with E-state index in [4.69, 9.17) is 0 Å². The number of amides is 3. The second kappa shape index (κ2) is 11.5. The molecule has 1 N–H and O–H groups in total. The third-order valence-electron chi connectivity index (χ3n) is 5.81. The van der Waals surface area contributed by atoms with Crippen molar-refractivity contribution in [3.63, 3.8) is 0 Å². The van der Waals surface area contributed by atoms with E-state index >= 15 is 0 Å². The van der Waals surface area contributed by atoms with E-state index in [1.807, 2.05) is 30.3 Å². The van der Waals surface area contributed by atoms with Crippen molar-refractivity contribution in [1.29, 1.82) is 0 Å².